The first-order chi connectivity index (χ1) is 12.9. The second-order valence-electron chi connectivity index (χ2n) is 6.47. The number of hydrogen-bond donors (Lipinski definition) is 1. The first kappa shape index (κ1) is 20.0. The predicted molar refractivity (Wildman–Crippen MR) is 101 cm³/mol. The van der Waals surface area contributed by atoms with Crippen molar-refractivity contribution in [2.24, 2.45) is 0 Å². The molecule has 10 heteroatoms. The van der Waals surface area contributed by atoms with Crippen LogP contribution in [-0.2, 0) is 26.5 Å². The van der Waals surface area contributed by atoms with E-state index in [4.69, 9.17) is 0 Å². The molecule has 8 nitrogen and oxygen atoms in total. The highest BCUT2D eigenvalue weighted by Gasteiger charge is 2.32. The Labute approximate surface area is 160 Å². The van der Waals surface area contributed by atoms with Gasteiger partial charge in [-0.25, -0.2) is 21.8 Å². The van der Waals surface area contributed by atoms with E-state index in [1.165, 1.54) is 21.1 Å². The smallest absolute Gasteiger partial charge is 0.260 e. The molecule has 1 N–H and O–H groups in total. The molecule has 1 aliphatic rings. The van der Waals surface area contributed by atoms with E-state index in [1.54, 1.807) is 12.1 Å². The van der Waals surface area contributed by atoms with Gasteiger partial charge in [0.25, 0.3) is 10.0 Å². The Balaban J connectivity index is 1.75. The molecular formula is C17H24N4O4S2. The largest absolute Gasteiger partial charge is 0.335 e. The number of hydrogen-bond acceptors (Lipinski definition) is 5. The standard InChI is InChI=1S/C17H24N4O4S2/c1-2-4-15-5-7-16(8-6-15)26(22,23)20-9-3-10-21(12-11-20)27(24,25)17-13-18-14-19-17/h5-8,13-14H,2-4,9-12H2,1H3,(H,18,19). The topological polar surface area (TPSA) is 103 Å². The third-order valence-electron chi connectivity index (χ3n) is 4.60. The molecular weight excluding hydrogens is 388 g/mol. The molecule has 0 atom stereocenters. The summed E-state index contributed by atoms with van der Waals surface area (Å²) in [6.45, 7) is 2.85. The normalized spacial score (nSPS) is 17.7. The zero-order valence-corrected chi connectivity index (χ0v) is 16.8. The van der Waals surface area contributed by atoms with E-state index in [0.717, 1.165) is 18.4 Å². The van der Waals surface area contributed by atoms with Gasteiger partial charge < -0.3 is 4.98 Å². The number of imidazole rings is 1. The first-order valence-electron chi connectivity index (χ1n) is 8.93. The highest BCUT2D eigenvalue weighted by Crippen LogP contribution is 2.21. The quantitative estimate of drug-likeness (QED) is 0.773. The number of aromatic nitrogens is 2. The summed E-state index contributed by atoms with van der Waals surface area (Å²) in [5, 5.41) is 0.0188. The van der Waals surface area contributed by atoms with Crippen LogP contribution in [0.15, 0.2) is 46.7 Å². The van der Waals surface area contributed by atoms with E-state index in [2.05, 4.69) is 16.9 Å². The number of aromatic amines is 1. The number of H-pyrrole nitrogens is 1. The van der Waals surface area contributed by atoms with Crippen molar-refractivity contribution in [3.05, 3.63) is 42.4 Å². The van der Waals surface area contributed by atoms with Crippen molar-refractivity contribution in [3.63, 3.8) is 0 Å². The van der Waals surface area contributed by atoms with Gasteiger partial charge in [-0.2, -0.15) is 8.61 Å². The van der Waals surface area contributed by atoms with Crippen molar-refractivity contribution in [3.8, 4) is 0 Å². The molecule has 2 heterocycles. The summed E-state index contributed by atoms with van der Waals surface area (Å²) in [6.07, 6.45) is 4.90. The lowest BCUT2D eigenvalue weighted by molar-refractivity contribution is 0.403. The monoisotopic (exact) mass is 412 g/mol. The van der Waals surface area contributed by atoms with Crippen LogP contribution in [0.4, 0.5) is 0 Å². The third kappa shape index (κ3) is 4.23. The summed E-state index contributed by atoms with van der Waals surface area (Å²) < 4.78 is 53.8. The number of aryl methyl sites for hydroxylation is 1. The Morgan fingerprint density at radius 2 is 1.59 bits per heavy atom. The van der Waals surface area contributed by atoms with E-state index in [1.807, 2.05) is 12.1 Å². The van der Waals surface area contributed by atoms with Crippen molar-refractivity contribution in [1.29, 1.82) is 0 Å². The van der Waals surface area contributed by atoms with Crippen LogP contribution in [0.5, 0.6) is 0 Å². The Kier molecular flexibility index (Phi) is 5.99. The lowest BCUT2D eigenvalue weighted by Crippen LogP contribution is -2.37. The second-order valence-corrected chi connectivity index (χ2v) is 10.3. The lowest BCUT2D eigenvalue weighted by atomic mass is 10.1. The molecule has 1 aliphatic heterocycles. The Morgan fingerprint density at radius 1 is 0.963 bits per heavy atom. The molecule has 0 radical (unpaired) electrons. The fourth-order valence-electron chi connectivity index (χ4n) is 3.14. The fraction of sp³-hybridized carbons (Fsp3) is 0.471. The third-order valence-corrected chi connectivity index (χ3v) is 8.34. The maximum Gasteiger partial charge on any atom is 0.260 e. The van der Waals surface area contributed by atoms with Gasteiger partial charge in [-0.15, -0.1) is 0 Å². The maximum atomic E-state index is 12.9. The van der Waals surface area contributed by atoms with Crippen LogP contribution in [-0.4, -0.2) is 61.6 Å². The van der Waals surface area contributed by atoms with Crippen LogP contribution < -0.4 is 0 Å². The molecule has 148 valence electrons. The molecule has 0 saturated carbocycles. The molecule has 1 fully saturated rings. The summed E-state index contributed by atoms with van der Waals surface area (Å²) in [4.78, 5) is 6.60. The molecule has 0 amide bonds. The summed E-state index contributed by atoms with van der Waals surface area (Å²) in [5.41, 5.74) is 1.10. The van der Waals surface area contributed by atoms with Crippen LogP contribution in [0, 0.1) is 0 Å². The zero-order valence-electron chi connectivity index (χ0n) is 15.2. The Hall–Kier alpha value is -1.75. The summed E-state index contributed by atoms with van der Waals surface area (Å²) in [6, 6.07) is 6.93. The molecule has 1 aromatic carbocycles. The maximum absolute atomic E-state index is 12.9. The molecule has 1 aromatic heterocycles. The van der Waals surface area contributed by atoms with E-state index >= 15 is 0 Å². The van der Waals surface area contributed by atoms with Gasteiger partial charge in [-0.1, -0.05) is 25.5 Å². The summed E-state index contributed by atoms with van der Waals surface area (Å²) >= 11 is 0. The molecule has 3 rings (SSSR count). The van der Waals surface area contributed by atoms with Crippen molar-refractivity contribution >= 4 is 20.0 Å². The van der Waals surface area contributed by atoms with Crippen molar-refractivity contribution in [2.45, 2.75) is 36.1 Å². The number of benzene rings is 1. The van der Waals surface area contributed by atoms with E-state index in [-0.39, 0.29) is 36.1 Å². The SMILES string of the molecule is CCCc1ccc(S(=O)(=O)N2CCCN(S(=O)(=O)c3cnc[nH]3)CC2)cc1. The Bertz CT molecular complexity index is 955. The summed E-state index contributed by atoms with van der Waals surface area (Å²) in [5.74, 6) is 0. The molecule has 2 aromatic rings. The van der Waals surface area contributed by atoms with E-state index in [9.17, 15) is 16.8 Å². The van der Waals surface area contributed by atoms with E-state index < -0.39 is 20.0 Å². The van der Waals surface area contributed by atoms with Gasteiger partial charge in [-0.05, 0) is 30.5 Å². The van der Waals surface area contributed by atoms with E-state index in [0.29, 0.717) is 6.42 Å². The minimum atomic E-state index is -3.69. The minimum Gasteiger partial charge on any atom is -0.335 e. The lowest BCUT2D eigenvalue weighted by Gasteiger charge is -2.21. The molecule has 0 unspecified atom stereocenters. The second kappa shape index (κ2) is 8.09. The van der Waals surface area contributed by atoms with Crippen molar-refractivity contribution in [2.75, 3.05) is 26.2 Å². The van der Waals surface area contributed by atoms with Gasteiger partial charge >= 0.3 is 0 Å². The number of rotatable bonds is 6. The molecule has 0 spiro atoms. The predicted octanol–water partition coefficient (Wildman–Crippen LogP) is 1.45. The van der Waals surface area contributed by atoms with Crippen molar-refractivity contribution < 1.29 is 16.8 Å². The molecule has 27 heavy (non-hydrogen) atoms. The van der Waals surface area contributed by atoms with Crippen LogP contribution in [0.25, 0.3) is 0 Å². The minimum absolute atomic E-state index is 0.0188. The zero-order chi connectivity index (χ0) is 19.5. The Morgan fingerprint density at radius 3 is 2.15 bits per heavy atom. The van der Waals surface area contributed by atoms with Gasteiger partial charge in [0, 0.05) is 26.2 Å². The average molecular weight is 413 g/mol. The van der Waals surface area contributed by atoms with Gasteiger partial charge in [0.05, 0.1) is 17.4 Å². The van der Waals surface area contributed by atoms with Crippen LogP contribution in [0.3, 0.4) is 0 Å². The van der Waals surface area contributed by atoms with Gasteiger partial charge in [0.1, 0.15) is 0 Å². The number of sulfonamides is 2. The van der Waals surface area contributed by atoms with Crippen LogP contribution >= 0.6 is 0 Å². The average Bonchev–Trinajstić information content (AvgIpc) is 3.07. The van der Waals surface area contributed by atoms with Gasteiger partial charge in [0.2, 0.25) is 10.0 Å². The van der Waals surface area contributed by atoms with Crippen LogP contribution in [0.1, 0.15) is 25.3 Å². The molecule has 1 saturated heterocycles. The van der Waals surface area contributed by atoms with Gasteiger partial charge in [0.15, 0.2) is 5.03 Å². The highest BCUT2D eigenvalue weighted by atomic mass is 32.2. The first-order valence-corrected chi connectivity index (χ1v) is 11.8. The number of nitrogens with zero attached hydrogens (tertiary/aromatic N) is 3. The molecule has 0 bridgehead atoms. The van der Waals surface area contributed by atoms with Crippen LogP contribution in [0.2, 0.25) is 0 Å². The summed E-state index contributed by atoms with van der Waals surface area (Å²) in [7, 11) is -7.34. The number of nitrogens with one attached hydrogen (secondary N) is 1. The fourth-order valence-corrected chi connectivity index (χ4v) is 5.97. The van der Waals surface area contributed by atoms with Crippen molar-refractivity contribution in [1.82, 2.24) is 18.6 Å². The molecule has 0 aliphatic carbocycles. The van der Waals surface area contributed by atoms with Gasteiger partial charge in [-0.3, -0.25) is 0 Å². The highest BCUT2D eigenvalue weighted by molar-refractivity contribution is 7.89.